The van der Waals surface area contributed by atoms with Crippen molar-refractivity contribution in [3.05, 3.63) is 62.6 Å². The number of ether oxygens (including phenoxy) is 1. The summed E-state index contributed by atoms with van der Waals surface area (Å²) in [6.07, 6.45) is -5.53. The summed E-state index contributed by atoms with van der Waals surface area (Å²) in [6, 6.07) is 6.29. The van der Waals surface area contributed by atoms with E-state index in [2.05, 4.69) is 14.0 Å². The molecular weight excluding hydrogens is 597 g/mol. The average molecular weight is 621 g/mol. The Morgan fingerprint density at radius 2 is 1.74 bits per heavy atom. The number of nitrogens with zero attached hydrogens (tertiary/aromatic N) is 3. The Morgan fingerprint density at radius 1 is 1.08 bits per heavy atom. The number of phosphoric acid groups is 2. The van der Waals surface area contributed by atoms with Crippen LogP contribution in [0.4, 0.5) is 0 Å². The van der Waals surface area contributed by atoms with E-state index in [-0.39, 0.29) is 99.5 Å². The Hall–Kier alpha value is 0.510. The summed E-state index contributed by atoms with van der Waals surface area (Å²) in [5.41, 5.74) is 0.0246. The summed E-state index contributed by atoms with van der Waals surface area (Å²) in [5.74, 6) is 0. The topological polar surface area (TPSA) is 233 Å². The monoisotopic (exact) mass is 621 g/mol. The Morgan fingerprint density at radius 3 is 2.38 bits per heavy atom. The third-order valence-corrected chi connectivity index (χ3v) is 7.48. The van der Waals surface area contributed by atoms with Gasteiger partial charge in [0.15, 0.2) is 11.8 Å². The molecule has 5 N–H and O–H groups in total. The predicted octanol–water partition coefficient (Wildman–Crippen LogP) is -9.30. The number of hydrogen-bond acceptors (Lipinski definition) is 11. The second kappa shape index (κ2) is 14.8. The van der Waals surface area contributed by atoms with Crippen molar-refractivity contribution in [3.63, 3.8) is 0 Å². The molecule has 0 saturated carbocycles. The van der Waals surface area contributed by atoms with Crippen molar-refractivity contribution >= 4 is 26.6 Å². The van der Waals surface area contributed by atoms with Gasteiger partial charge < -0.3 is 38.4 Å². The van der Waals surface area contributed by atoms with Crippen LogP contribution < -0.4 is 99.9 Å². The maximum Gasteiger partial charge on any atom is 1.00 e. The molecule has 1 aliphatic heterocycles. The van der Waals surface area contributed by atoms with Gasteiger partial charge in [-0.2, -0.15) is 4.31 Å². The number of aryl methyl sites for hydroxylation is 1. The van der Waals surface area contributed by atoms with Gasteiger partial charge >= 0.3 is 110 Å². The molecule has 1 fully saturated rings. The molecule has 39 heavy (non-hydrogen) atoms. The molecule has 0 aliphatic carbocycles. The van der Waals surface area contributed by atoms with E-state index in [1.54, 1.807) is 18.2 Å². The minimum atomic E-state index is -5.38. The van der Waals surface area contributed by atoms with E-state index in [1.807, 2.05) is 6.92 Å². The smallest absolute Gasteiger partial charge is 1.00 e. The standard InChI is InChI=1S/C18H21N3O13P2.3Na.3H/c1-9-2-3-12-10(6-9)11(19-33-12)7-21-14(22)4-5-20(18(21)25)17-16(24)15(23)13(32-17)8-31-36(29,30)34-35(26,27)28;;;;;;/h2-6,13,15-17,23-24H,7-8H2,1H3,(H,29,30)(H2,26,27,28);;;;;;/q;3*+1;3*-1/t13-,15?,16+,17-;;;;;;/m1....../s1. The van der Waals surface area contributed by atoms with Gasteiger partial charge in [-0.3, -0.25) is 18.5 Å². The van der Waals surface area contributed by atoms with Crippen molar-refractivity contribution < 1.29 is 145 Å². The molecule has 21 heteroatoms. The van der Waals surface area contributed by atoms with Gasteiger partial charge in [0.25, 0.3) is 5.56 Å². The van der Waals surface area contributed by atoms with Gasteiger partial charge in [0.1, 0.15) is 24.0 Å². The molecule has 0 radical (unpaired) electrons. The zero-order valence-electron chi connectivity index (χ0n) is 24.3. The molecule has 4 rings (SSSR count). The van der Waals surface area contributed by atoms with E-state index in [9.17, 15) is 33.8 Å². The Kier molecular flexibility index (Phi) is 14.2. The van der Waals surface area contributed by atoms with Crippen LogP contribution in [0.1, 0.15) is 21.8 Å². The summed E-state index contributed by atoms with van der Waals surface area (Å²) >= 11 is 0. The molecule has 2 unspecified atom stereocenters. The molecule has 2 aromatic heterocycles. The number of hydrogen-bond donors (Lipinski definition) is 5. The second-order valence-corrected chi connectivity index (χ2v) is 10.8. The van der Waals surface area contributed by atoms with Gasteiger partial charge in [-0.25, -0.2) is 13.9 Å². The molecule has 3 aromatic rings. The minimum Gasteiger partial charge on any atom is -1.00 e. The summed E-state index contributed by atoms with van der Waals surface area (Å²) in [4.78, 5) is 52.3. The van der Waals surface area contributed by atoms with Crippen LogP contribution >= 0.6 is 15.6 Å². The minimum absolute atomic E-state index is 0. The van der Waals surface area contributed by atoms with Gasteiger partial charge in [0, 0.05) is 17.6 Å². The maximum absolute atomic E-state index is 13.1. The van der Waals surface area contributed by atoms with Crippen LogP contribution in [0.3, 0.4) is 0 Å². The van der Waals surface area contributed by atoms with E-state index in [0.717, 1.165) is 27.0 Å². The third kappa shape index (κ3) is 9.00. The predicted molar refractivity (Wildman–Crippen MR) is 121 cm³/mol. The van der Waals surface area contributed by atoms with Crippen LogP contribution in [0.15, 0.2) is 44.6 Å². The average Bonchev–Trinajstić information content (AvgIpc) is 3.29. The Balaban J connectivity index is -0.00000253. The van der Waals surface area contributed by atoms with E-state index in [1.165, 1.54) is 0 Å². The van der Waals surface area contributed by atoms with Gasteiger partial charge in [0.2, 0.25) is 0 Å². The van der Waals surface area contributed by atoms with E-state index in [0.29, 0.717) is 16.7 Å². The van der Waals surface area contributed by atoms with E-state index in [4.69, 9.17) is 19.0 Å². The Bertz CT molecular complexity index is 1520. The molecule has 1 aliphatic rings. The fourth-order valence-electron chi connectivity index (χ4n) is 3.66. The number of benzene rings is 1. The summed E-state index contributed by atoms with van der Waals surface area (Å²) in [6.45, 7) is 0.623. The van der Waals surface area contributed by atoms with Crippen molar-refractivity contribution in [2.45, 2.75) is 38.0 Å². The van der Waals surface area contributed by atoms with Crippen LogP contribution in [0, 0.1) is 6.92 Å². The van der Waals surface area contributed by atoms with Gasteiger partial charge in [-0.15, -0.1) is 0 Å². The third-order valence-electron chi connectivity index (χ3n) is 5.33. The number of aromatic nitrogens is 3. The molecule has 0 bridgehead atoms. The quantitative estimate of drug-likeness (QED) is 0.116. The van der Waals surface area contributed by atoms with E-state index >= 15 is 0 Å². The molecule has 202 valence electrons. The van der Waals surface area contributed by atoms with Crippen LogP contribution in [0.2, 0.25) is 0 Å². The first-order valence-electron chi connectivity index (χ1n) is 10.2. The van der Waals surface area contributed by atoms with Crippen LogP contribution in [-0.4, -0.2) is 64.1 Å². The largest absolute Gasteiger partial charge is 1.00 e. The normalized spacial score (nSPS) is 22.4. The first-order valence-corrected chi connectivity index (χ1v) is 13.2. The fourth-order valence-corrected chi connectivity index (χ4v) is 5.26. The SMILES string of the molecule is Cc1ccc2onc(Cn3c(=O)ccn([C@@H]4O[C@H](COP(=O)(O)OP(=O)(O)O)C(O)[C@@H]4O)c3=O)c2c1.[H-].[H-].[H-].[Na+].[Na+].[Na+]. The first kappa shape index (κ1) is 37.5. The number of fused-ring (bicyclic) bond motifs is 1. The molecular formula is C18H24N3Na3O13P2. The molecule has 1 aromatic carbocycles. The second-order valence-electron chi connectivity index (χ2n) is 7.94. The van der Waals surface area contributed by atoms with Crippen molar-refractivity contribution in [2.24, 2.45) is 0 Å². The molecule has 0 amide bonds. The van der Waals surface area contributed by atoms with Gasteiger partial charge in [-0.1, -0.05) is 16.8 Å². The number of phosphoric ester groups is 1. The molecule has 1 saturated heterocycles. The molecule has 3 heterocycles. The van der Waals surface area contributed by atoms with Crippen molar-refractivity contribution in [1.82, 2.24) is 14.3 Å². The molecule has 0 spiro atoms. The summed E-state index contributed by atoms with van der Waals surface area (Å²) < 4.78 is 42.7. The van der Waals surface area contributed by atoms with Crippen LogP contribution in [0.5, 0.6) is 0 Å². The maximum atomic E-state index is 13.1. The first-order chi connectivity index (χ1) is 16.8. The van der Waals surface area contributed by atoms with Crippen molar-refractivity contribution in [3.8, 4) is 0 Å². The van der Waals surface area contributed by atoms with Crippen LogP contribution in [-0.2, 0) is 29.2 Å². The number of aliphatic hydroxyl groups excluding tert-OH is 2. The van der Waals surface area contributed by atoms with Gasteiger partial charge in [0.05, 0.1) is 13.2 Å². The zero-order chi connectivity index (χ0) is 26.4. The van der Waals surface area contributed by atoms with E-state index < -0.39 is 58.0 Å². The number of rotatable bonds is 8. The Labute approximate surface area is 290 Å². The van der Waals surface area contributed by atoms with Crippen molar-refractivity contribution in [2.75, 3.05) is 6.61 Å². The fraction of sp³-hybridized carbons (Fsp3) is 0.389. The van der Waals surface area contributed by atoms with Gasteiger partial charge in [-0.05, 0) is 19.1 Å². The summed E-state index contributed by atoms with van der Waals surface area (Å²) in [7, 11) is -10.6. The zero-order valence-corrected chi connectivity index (χ0v) is 29.1. The molecule has 5 atom stereocenters. The molecule has 16 nitrogen and oxygen atoms in total. The number of aliphatic hydroxyl groups is 2. The van der Waals surface area contributed by atoms with Crippen molar-refractivity contribution in [1.29, 1.82) is 0 Å². The summed E-state index contributed by atoms with van der Waals surface area (Å²) in [5, 5.41) is 25.2. The van der Waals surface area contributed by atoms with Crippen LogP contribution in [0.25, 0.3) is 11.0 Å².